The predicted molar refractivity (Wildman–Crippen MR) is 243 cm³/mol. The van der Waals surface area contributed by atoms with Gasteiger partial charge in [0.2, 0.25) is 0 Å². The Hall–Kier alpha value is -2.08. The van der Waals surface area contributed by atoms with Crippen molar-refractivity contribution in [2.45, 2.75) is 247 Å². The van der Waals surface area contributed by atoms with Crippen LogP contribution in [0.4, 0.5) is 0 Å². The molecule has 0 fully saturated rings. The summed E-state index contributed by atoms with van der Waals surface area (Å²) >= 11 is 0. The van der Waals surface area contributed by atoms with Crippen molar-refractivity contribution in [2.75, 3.05) is 0 Å². The van der Waals surface area contributed by atoms with Gasteiger partial charge in [-0.1, -0.05) is 181 Å². The molecule has 0 spiro atoms. The molecule has 0 amide bonds. The van der Waals surface area contributed by atoms with Crippen LogP contribution in [0.3, 0.4) is 0 Å². The second-order valence-corrected chi connectivity index (χ2v) is 17.5. The van der Waals surface area contributed by atoms with Crippen molar-refractivity contribution in [1.82, 2.24) is 0 Å². The lowest BCUT2D eigenvalue weighted by atomic mass is 9.70. The summed E-state index contributed by atoms with van der Waals surface area (Å²) in [6.45, 7) is 14.2. The number of hydrogen-bond acceptors (Lipinski definition) is 0. The minimum atomic E-state index is 1.20. The minimum absolute atomic E-state index is 1.20. The number of unbranched alkanes of at least 4 members (excludes halogenated alkanes) is 18. The van der Waals surface area contributed by atoms with Gasteiger partial charge in [0, 0.05) is 0 Å². The van der Waals surface area contributed by atoms with Gasteiger partial charge in [0.1, 0.15) is 0 Å². The Kier molecular flexibility index (Phi) is 21.5. The summed E-state index contributed by atoms with van der Waals surface area (Å²) in [5, 5.41) is 3.19. The third-order valence-corrected chi connectivity index (χ3v) is 13.2. The minimum Gasteiger partial charge on any atom is -0.0654 e. The molecule has 4 rings (SSSR count). The molecule has 3 aromatic carbocycles. The molecular formula is C54H86. The predicted octanol–water partition coefficient (Wildman–Crippen LogP) is 17.1. The number of benzene rings is 3. The highest BCUT2D eigenvalue weighted by molar-refractivity contribution is 5.92. The molecule has 54 heavy (non-hydrogen) atoms. The molecule has 302 valence electrons. The zero-order chi connectivity index (χ0) is 38.4. The first-order valence-corrected chi connectivity index (χ1v) is 24.4. The van der Waals surface area contributed by atoms with Crippen LogP contribution < -0.4 is 0 Å². The number of fused-ring (bicyclic) bond motifs is 3. The van der Waals surface area contributed by atoms with E-state index in [0.717, 1.165) is 0 Å². The van der Waals surface area contributed by atoms with Crippen LogP contribution in [0.5, 0.6) is 0 Å². The molecule has 0 saturated heterocycles. The van der Waals surface area contributed by atoms with Crippen LogP contribution in [0.1, 0.15) is 251 Å². The van der Waals surface area contributed by atoms with E-state index in [-0.39, 0.29) is 0 Å². The summed E-state index contributed by atoms with van der Waals surface area (Å²) < 4.78 is 0. The third kappa shape index (κ3) is 12.7. The van der Waals surface area contributed by atoms with Crippen LogP contribution in [0, 0.1) is 0 Å². The van der Waals surface area contributed by atoms with Gasteiger partial charge in [0.05, 0.1) is 0 Å². The van der Waals surface area contributed by atoms with E-state index in [1.165, 1.54) is 205 Å². The maximum absolute atomic E-state index is 2.51. The Morgan fingerprint density at radius 3 is 0.796 bits per heavy atom. The van der Waals surface area contributed by atoms with Gasteiger partial charge in [0.15, 0.2) is 0 Å². The molecule has 0 bridgehead atoms. The molecule has 0 heterocycles. The standard InChI is InChI=1S/C54H86/c1-7-13-19-25-33-43-44(34-26-20-14-8-2)48(36-28-22-16-10-4)52-42-54-50(38-30-24-18-12-6)46-40-32-31-39-45(46)49(37-29-23-17-11-5)53(54)41-51(52)47(43)35-27-21-15-9-3/h31-32,39-40H,7-30,33-38,41-42H2,1-6H3. The van der Waals surface area contributed by atoms with E-state index in [9.17, 15) is 0 Å². The van der Waals surface area contributed by atoms with E-state index >= 15 is 0 Å². The zero-order valence-corrected chi connectivity index (χ0v) is 36.9. The smallest absolute Gasteiger partial charge is 0.00141 e. The quantitative estimate of drug-likeness (QED) is 0.0468. The molecule has 0 atom stereocenters. The van der Waals surface area contributed by atoms with Gasteiger partial charge in [-0.2, -0.15) is 0 Å². The summed E-state index contributed by atoms with van der Waals surface area (Å²) in [5.41, 5.74) is 18.1. The van der Waals surface area contributed by atoms with Crippen molar-refractivity contribution in [1.29, 1.82) is 0 Å². The fraction of sp³-hybridized carbons (Fsp3) is 0.704. The molecule has 0 radical (unpaired) electrons. The van der Waals surface area contributed by atoms with Crippen molar-refractivity contribution in [3.05, 3.63) is 79.9 Å². The monoisotopic (exact) mass is 735 g/mol. The van der Waals surface area contributed by atoms with E-state index < -0.39 is 0 Å². The average molecular weight is 735 g/mol. The van der Waals surface area contributed by atoms with E-state index in [1.807, 2.05) is 33.4 Å². The Morgan fingerprint density at radius 1 is 0.278 bits per heavy atom. The third-order valence-electron chi connectivity index (χ3n) is 13.2. The molecule has 0 N–H and O–H groups in total. The Bertz CT molecular complexity index is 1370. The summed E-state index contributed by atoms with van der Waals surface area (Å²) in [4.78, 5) is 0. The molecule has 0 aliphatic heterocycles. The van der Waals surface area contributed by atoms with Gasteiger partial charge < -0.3 is 0 Å². The molecule has 0 saturated carbocycles. The highest BCUT2D eigenvalue weighted by Gasteiger charge is 2.30. The summed E-state index contributed by atoms with van der Waals surface area (Å²) in [6, 6.07) is 9.71. The van der Waals surface area contributed by atoms with Gasteiger partial charge in [-0.05, 0) is 156 Å². The molecule has 1 aliphatic carbocycles. The Labute approximate surface area is 336 Å². The van der Waals surface area contributed by atoms with Crippen molar-refractivity contribution in [3.63, 3.8) is 0 Å². The number of aryl methyl sites for hydroxylation is 2. The van der Waals surface area contributed by atoms with Gasteiger partial charge in [-0.25, -0.2) is 0 Å². The highest BCUT2D eigenvalue weighted by Crippen LogP contribution is 2.44. The summed E-state index contributed by atoms with van der Waals surface area (Å²) in [5.74, 6) is 0. The first-order chi connectivity index (χ1) is 26.6. The number of hydrogen-bond donors (Lipinski definition) is 0. The molecule has 1 aliphatic rings. The maximum atomic E-state index is 2.51. The molecule has 3 aromatic rings. The van der Waals surface area contributed by atoms with Crippen LogP contribution in [0.2, 0.25) is 0 Å². The SMILES string of the molecule is CCCCCCc1c(CCCCCC)c(CCCCCC)c2c(c1CCCCCC)Cc1c(c(CCCCCC)c3ccccc3c1CCCCCC)C2. The summed E-state index contributed by atoms with van der Waals surface area (Å²) in [7, 11) is 0. The fourth-order valence-corrected chi connectivity index (χ4v) is 10.1. The van der Waals surface area contributed by atoms with Crippen molar-refractivity contribution < 1.29 is 0 Å². The molecule has 0 unspecified atom stereocenters. The average Bonchev–Trinajstić information content (AvgIpc) is 3.19. The largest absolute Gasteiger partial charge is 0.0654 e. The maximum Gasteiger partial charge on any atom is -0.00141 e. The van der Waals surface area contributed by atoms with Crippen LogP contribution in [0.15, 0.2) is 24.3 Å². The lowest BCUT2D eigenvalue weighted by Gasteiger charge is -2.34. The first-order valence-electron chi connectivity index (χ1n) is 24.4. The van der Waals surface area contributed by atoms with Gasteiger partial charge >= 0.3 is 0 Å². The van der Waals surface area contributed by atoms with Gasteiger partial charge in [-0.15, -0.1) is 0 Å². The number of rotatable bonds is 30. The zero-order valence-electron chi connectivity index (χ0n) is 36.9. The van der Waals surface area contributed by atoms with Crippen molar-refractivity contribution in [3.8, 4) is 0 Å². The Morgan fingerprint density at radius 2 is 0.519 bits per heavy atom. The van der Waals surface area contributed by atoms with Gasteiger partial charge in [-0.3, -0.25) is 0 Å². The van der Waals surface area contributed by atoms with Gasteiger partial charge in [0.25, 0.3) is 0 Å². The topological polar surface area (TPSA) is 0 Å². The normalized spacial score (nSPS) is 12.5. The Balaban J connectivity index is 1.97. The summed E-state index contributed by atoms with van der Waals surface area (Å²) in [6.07, 6.45) is 42.8. The molecule has 0 heteroatoms. The van der Waals surface area contributed by atoms with Crippen LogP contribution in [0.25, 0.3) is 10.8 Å². The van der Waals surface area contributed by atoms with E-state index in [4.69, 9.17) is 0 Å². The lowest BCUT2D eigenvalue weighted by Crippen LogP contribution is -2.21. The second kappa shape index (κ2) is 26.0. The van der Waals surface area contributed by atoms with E-state index in [1.54, 1.807) is 33.0 Å². The van der Waals surface area contributed by atoms with Crippen LogP contribution >= 0.6 is 0 Å². The lowest BCUT2D eigenvalue weighted by molar-refractivity contribution is 0.625. The van der Waals surface area contributed by atoms with Crippen LogP contribution in [-0.2, 0) is 51.4 Å². The second-order valence-electron chi connectivity index (χ2n) is 17.5. The van der Waals surface area contributed by atoms with Crippen molar-refractivity contribution >= 4 is 10.8 Å². The van der Waals surface area contributed by atoms with E-state index in [2.05, 4.69) is 65.8 Å². The molecular weight excluding hydrogens is 649 g/mol. The highest BCUT2D eigenvalue weighted by atomic mass is 14.3. The van der Waals surface area contributed by atoms with Crippen molar-refractivity contribution in [2.24, 2.45) is 0 Å². The molecule has 0 aromatic heterocycles. The molecule has 0 nitrogen and oxygen atoms in total. The fourth-order valence-electron chi connectivity index (χ4n) is 10.1. The van der Waals surface area contributed by atoms with Crippen LogP contribution in [-0.4, -0.2) is 0 Å². The van der Waals surface area contributed by atoms with E-state index in [0.29, 0.717) is 0 Å². The first kappa shape index (κ1) is 44.6.